The summed E-state index contributed by atoms with van der Waals surface area (Å²) in [5, 5.41) is 2.12. The van der Waals surface area contributed by atoms with Crippen molar-refractivity contribution in [2.45, 2.75) is 35.3 Å². The van der Waals surface area contributed by atoms with Crippen molar-refractivity contribution in [2.24, 2.45) is 5.73 Å². The van der Waals surface area contributed by atoms with Crippen LogP contribution in [0.1, 0.15) is 36.0 Å². The van der Waals surface area contributed by atoms with E-state index >= 15 is 0 Å². The number of ether oxygens (including phenoxy) is 2. The second-order valence-corrected chi connectivity index (χ2v) is 10.6. The number of benzene rings is 3. The first-order valence-electron chi connectivity index (χ1n) is 11.2. The Morgan fingerprint density at radius 3 is 2.29 bits per heavy atom. The zero-order valence-corrected chi connectivity index (χ0v) is 19.6. The first kappa shape index (κ1) is 23.9. The quantitative estimate of drug-likeness (QED) is 0.368. The number of rotatable bonds is 9. The fourth-order valence-electron chi connectivity index (χ4n) is 4.22. The molecule has 3 aromatic rings. The van der Waals surface area contributed by atoms with Gasteiger partial charge >= 0.3 is 0 Å². The molecular formula is C26H27NO6S. The maximum atomic E-state index is 13.2. The Balaban J connectivity index is 1.34. The molecule has 0 unspecified atom stereocenters. The molecule has 7 nitrogen and oxygen atoms in total. The van der Waals surface area contributed by atoms with Crippen LogP contribution in [-0.2, 0) is 19.4 Å². The molecule has 1 saturated heterocycles. The lowest BCUT2D eigenvalue weighted by Gasteiger charge is -2.33. The van der Waals surface area contributed by atoms with E-state index in [4.69, 9.17) is 15.2 Å². The highest BCUT2D eigenvalue weighted by Crippen LogP contribution is 2.35. The summed E-state index contributed by atoms with van der Waals surface area (Å²) in [6, 6.07) is 19.5. The molecule has 0 spiro atoms. The Bertz CT molecular complexity index is 1290. The topological polar surface area (TPSA) is 113 Å². The fraction of sp³-hybridized carbons (Fsp3) is 0.308. The van der Waals surface area contributed by atoms with Crippen molar-refractivity contribution in [3.63, 3.8) is 0 Å². The largest absolute Gasteiger partial charge is 0.494 e. The van der Waals surface area contributed by atoms with Gasteiger partial charge < -0.3 is 15.2 Å². The van der Waals surface area contributed by atoms with Gasteiger partial charge in [0.25, 0.3) is 0 Å². The minimum absolute atomic E-state index is 0.0204. The van der Waals surface area contributed by atoms with Crippen LogP contribution >= 0.6 is 0 Å². The highest BCUT2D eigenvalue weighted by molar-refractivity contribution is 7.93. The van der Waals surface area contributed by atoms with Crippen molar-refractivity contribution in [1.29, 1.82) is 0 Å². The number of nitrogens with two attached hydrogens (primary N) is 1. The molecule has 0 atom stereocenters. The van der Waals surface area contributed by atoms with Crippen molar-refractivity contribution in [3.05, 3.63) is 72.3 Å². The molecule has 34 heavy (non-hydrogen) atoms. The summed E-state index contributed by atoms with van der Waals surface area (Å²) in [5.74, 6) is -0.326. The zero-order valence-electron chi connectivity index (χ0n) is 18.7. The fourth-order valence-corrected chi connectivity index (χ4v) is 6.13. The molecule has 2 N–H and O–H groups in total. The van der Waals surface area contributed by atoms with Crippen LogP contribution in [0.15, 0.2) is 71.6 Å². The smallest absolute Gasteiger partial charge is 0.239 e. The molecule has 4 rings (SSSR count). The van der Waals surface area contributed by atoms with Crippen LogP contribution in [0.2, 0.25) is 0 Å². The van der Waals surface area contributed by atoms with E-state index in [-0.39, 0.29) is 36.7 Å². The lowest BCUT2D eigenvalue weighted by molar-refractivity contribution is -0.122. The van der Waals surface area contributed by atoms with Crippen molar-refractivity contribution >= 4 is 32.3 Å². The molecule has 8 heteroatoms. The second-order valence-electron chi connectivity index (χ2n) is 8.38. The molecule has 0 aliphatic carbocycles. The van der Waals surface area contributed by atoms with Crippen LogP contribution in [0.3, 0.4) is 0 Å². The number of carbonyl (C=O) groups excluding carboxylic acids is 2. The Morgan fingerprint density at radius 2 is 1.62 bits per heavy atom. The van der Waals surface area contributed by atoms with E-state index in [9.17, 15) is 18.0 Å². The van der Waals surface area contributed by atoms with Crippen LogP contribution in [0.5, 0.6) is 5.75 Å². The molecule has 1 fully saturated rings. The third-order valence-corrected chi connectivity index (χ3v) is 8.82. The third kappa shape index (κ3) is 4.69. The summed E-state index contributed by atoms with van der Waals surface area (Å²) < 4.78 is 35.6. The Labute approximate surface area is 198 Å². The molecule has 0 aromatic heterocycles. The van der Waals surface area contributed by atoms with E-state index < -0.39 is 20.5 Å². The van der Waals surface area contributed by atoms with E-state index in [1.165, 1.54) is 12.1 Å². The van der Waals surface area contributed by atoms with Gasteiger partial charge in [0.1, 0.15) is 5.75 Å². The van der Waals surface area contributed by atoms with Crippen LogP contribution in [0.4, 0.5) is 0 Å². The van der Waals surface area contributed by atoms with Crippen LogP contribution in [0, 0.1) is 0 Å². The van der Waals surface area contributed by atoms with Crippen molar-refractivity contribution in [1.82, 2.24) is 0 Å². The third-order valence-electron chi connectivity index (χ3n) is 6.29. The second kappa shape index (κ2) is 9.95. The van der Waals surface area contributed by atoms with Crippen LogP contribution < -0.4 is 10.5 Å². The summed E-state index contributed by atoms with van der Waals surface area (Å²) in [6.07, 6.45) is 0.937. The van der Waals surface area contributed by atoms with Gasteiger partial charge in [-0.15, -0.1) is 0 Å². The van der Waals surface area contributed by atoms with E-state index in [1.54, 1.807) is 12.1 Å². The molecule has 0 bridgehead atoms. The minimum atomic E-state index is -3.98. The summed E-state index contributed by atoms with van der Waals surface area (Å²) >= 11 is 0. The number of ketones is 1. The summed E-state index contributed by atoms with van der Waals surface area (Å²) in [5.41, 5.74) is 6.18. The number of carbonyl (C=O) groups is 2. The van der Waals surface area contributed by atoms with Gasteiger partial charge in [0.2, 0.25) is 5.91 Å². The Morgan fingerprint density at radius 1 is 0.941 bits per heavy atom. The molecule has 0 radical (unpaired) electrons. The van der Waals surface area contributed by atoms with Crippen LogP contribution in [0.25, 0.3) is 10.8 Å². The first-order chi connectivity index (χ1) is 16.3. The maximum Gasteiger partial charge on any atom is 0.239 e. The number of amides is 1. The standard InChI is InChI=1S/C26H27NO6S/c27-25(29)26(13-16-32-17-14-26)34(30,31)23-11-9-22(10-12-23)33-15-3-6-24(28)21-8-7-19-4-1-2-5-20(19)18-21/h1-2,4-5,7-12,18H,3,6,13-17H2,(H2,27,29). The van der Waals surface area contributed by atoms with Gasteiger partial charge in [-0.3, -0.25) is 9.59 Å². The SMILES string of the molecule is NC(=O)C1(S(=O)(=O)c2ccc(OCCCC(=O)c3ccc4ccccc4c3)cc2)CCOCC1. The van der Waals surface area contributed by atoms with E-state index in [0.29, 0.717) is 30.8 Å². The Kier molecular flexibility index (Phi) is 7.00. The van der Waals surface area contributed by atoms with E-state index in [0.717, 1.165) is 10.8 Å². The predicted molar refractivity (Wildman–Crippen MR) is 129 cm³/mol. The number of primary amides is 1. The molecule has 0 saturated carbocycles. The predicted octanol–water partition coefficient (Wildman–Crippen LogP) is 3.69. The molecule has 1 aliphatic heterocycles. The van der Waals surface area contributed by atoms with Gasteiger partial charge in [-0.05, 0) is 60.4 Å². The lowest BCUT2D eigenvalue weighted by Crippen LogP contribution is -2.53. The first-order valence-corrected chi connectivity index (χ1v) is 12.7. The van der Waals surface area contributed by atoms with Gasteiger partial charge in [-0.25, -0.2) is 8.42 Å². The Hall–Kier alpha value is -3.23. The molecule has 1 amide bonds. The molecular weight excluding hydrogens is 454 g/mol. The minimum Gasteiger partial charge on any atom is -0.494 e. The number of Topliss-reactive ketones (excluding diaryl/α,β-unsaturated/α-hetero) is 1. The summed E-state index contributed by atoms with van der Waals surface area (Å²) in [4.78, 5) is 24.6. The molecule has 178 valence electrons. The van der Waals surface area contributed by atoms with Crippen molar-refractivity contribution in [2.75, 3.05) is 19.8 Å². The average Bonchev–Trinajstić information content (AvgIpc) is 2.86. The highest BCUT2D eigenvalue weighted by atomic mass is 32.2. The summed E-state index contributed by atoms with van der Waals surface area (Å²) in [7, 11) is -3.98. The molecule has 3 aromatic carbocycles. The number of fused-ring (bicyclic) bond motifs is 1. The van der Waals surface area contributed by atoms with E-state index in [1.807, 2.05) is 42.5 Å². The van der Waals surface area contributed by atoms with Crippen LogP contribution in [-0.4, -0.2) is 44.7 Å². The molecule has 1 heterocycles. The number of hydrogen-bond acceptors (Lipinski definition) is 6. The normalized spacial score (nSPS) is 15.6. The summed E-state index contributed by atoms with van der Waals surface area (Å²) in [6.45, 7) is 0.649. The number of sulfone groups is 1. The van der Waals surface area contributed by atoms with Crippen molar-refractivity contribution in [3.8, 4) is 5.75 Å². The van der Waals surface area contributed by atoms with Gasteiger partial charge in [0, 0.05) is 25.2 Å². The molecule has 1 aliphatic rings. The van der Waals surface area contributed by atoms with Gasteiger partial charge in [-0.1, -0.05) is 36.4 Å². The van der Waals surface area contributed by atoms with Crippen molar-refractivity contribution < 1.29 is 27.5 Å². The van der Waals surface area contributed by atoms with Gasteiger partial charge in [0.15, 0.2) is 20.4 Å². The monoisotopic (exact) mass is 481 g/mol. The lowest BCUT2D eigenvalue weighted by atomic mass is 9.98. The number of hydrogen-bond donors (Lipinski definition) is 1. The van der Waals surface area contributed by atoms with Gasteiger partial charge in [0.05, 0.1) is 11.5 Å². The average molecular weight is 482 g/mol. The highest BCUT2D eigenvalue weighted by Gasteiger charge is 2.51. The van der Waals surface area contributed by atoms with Gasteiger partial charge in [-0.2, -0.15) is 0 Å². The van der Waals surface area contributed by atoms with E-state index in [2.05, 4.69) is 0 Å². The zero-order chi connectivity index (χ0) is 24.2. The maximum absolute atomic E-state index is 13.2.